The van der Waals surface area contributed by atoms with Crippen LogP contribution in [-0.2, 0) is 16.1 Å². The Hall–Kier alpha value is -2.53. The maximum atomic E-state index is 13.4. The fourth-order valence-electron chi connectivity index (χ4n) is 3.39. The van der Waals surface area contributed by atoms with Gasteiger partial charge in [-0.05, 0) is 24.1 Å². The van der Waals surface area contributed by atoms with Gasteiger partial charge in [0.1, 0.15) is 18.0 Å². The average molecular weight is 362 g/mol. The Bertz CT molecular complexity index is 719. The molecule has 0 unspecified atom stereocenters. The molecule has 26 heavy (non-hydrogen) atoms. The lowest BCUT2D eigenvalue weighted by molar-refractivity contribution is -0.131. The van der Waals surface area contributed by atoms with E-state index in [0.29, 0.717) is 19.5 Å². The first kappa shape index (κ1) is 18.3. The van der Waals surface area contributed by atoms with E-state index in [4.69, 9.17) is 5.26 Å². The number of hydrogen-bond donors (Lipinski definition) is 1. The van der Waals surface area contributed by atoms with Gasteiger partial charge in [0.05, 0.1) is 25.2 Å². The third kappa shape index (κ3) is 3.99. The molecular weight excluding hydrogens is 342 g/mol. The number of hydrogen-bond acceptors (Lipinski definition) is 4. The molecule has 0 spiro atoms. The van der Waals surface area contributed by atoms with Crippen molar-refractivity contribution in [3.05, 3.63) is 35.6 Å². The number of nitrogens with one attached hydrogen (secondary N) is 1. The highest BCUT2D eigenvalue weighted by Crippen LogP contribution is 2.20. The molecule has 1 aromatic rings. The summed E-state index contributed by atoms with van der Waals surface area (Å²) in [6, 6.07) is 6.68. The van der Waals surface area contributed by atoms with Gasteiger partial charge < -0.3 is 9.80 Å². The number of likely N-dealkylation sites (tertiary alicyclic amines) is 2. The molecule has 2 amide bonds. The molecule has 0 saturated carbocycles. The molecule has 2 fully saturated rings. The van der Waals surface area contributed by atoms with Gasteiger partial charge in [0, 0.05) is 19.5 Å². The van der Waals surface area contributed by atoms with Crippen molar-refractivity contribution in [3.8, 4) is 6.07 Å². The zero-order chi connectivity index (χ0) is 18.7. The van der Waals surface area contributed by atoms with Crippen LogP contribution in [0.5, 0.6) is 0 Å². The van der Waals surface area contributed by atoms with Gasteiger partial charge in [0.25, 0.3) is 0 Å². The Morgan fingerprint density at radius 1 is 1.35 bits per heavy atom. The van der Waals surface area contributed by atoms with E-state index in [2.05, 4.69) is 5.32 Å². The third-order valence-corrected chi connectivity index (χ3v) is 4.80. The SMILES string of the molecule is N#C[C@@H]1C[C@H](F)CN1C(=O)CN[C@H]1CCN(Cc2ccc(F)cc2)C1=O. The number of carbonyl (C=O) groups is 2. The minimum absolute atomic E-state index is 0.0377. The molecule has 3 rings (SSSR count). The molecular formula is C18H20F2N4O2. The molecule has 6 nitrogen and oxygen atoms in total. The van der Waals surface area contributed by atoms with Crippen molar-refractivity contribution in [3.63, 3.8) is 0 Å². The zero-order valence-corrected chi connectivity index (χ0v) is 14.2. The number of halogens is 2. The predicted octanol–water partition coefficient (Wildman–Crippen LogP) is 0.979. The van der Waals surface area contributed by atoms with Crippen LogP contribution in [0.3, 0.4) is 0 Å². The first-order valence-electron chi connectivity index (χ1n) is 8.57. The van der Waals surface area contributed by atoms with Gasteiger partial charge in [0.15, 0.2) is 0 Å². The Morgan fingerprint density at radius 2 is 2.08 bits per heavy atom. The number of nitrogens with zero attached hydrogens (tertiary/aromatic N) is 3. The molecule has 0 bridgehead atoms. The number of nitriles is 1. The Labute approximate surface area is 150 Å². The second kappa shape index (κ2) is 7.79. The number of rotatable bonds is 5. The Kier molecular flexibility index (Phi) is 5.47. The fraction of sp³-hybridized carbons (Fsp3) is 0.500. The molecule has 2 heterocycles. The van der Waals surface area contributed by atoms with E-state index in [0.717, 1.165) is 5.56 Å². The van der Waals surface area contributed by atoms with Crippen LogP contribution in [-0.4, -0.2) is 59.5 Å². The van der Waals surface area contributed by atoms with Crippen molar-refractivity contribution in [1.82, 2.24) is 15.1 Å². The minimum atomic E-state index is -1.18. The van der Waals surface area contributed by atoms with Gasteiger partial charge in [-0.1, -0.05) is 12.1 Å². The summed E-state index contributed by atoms with van der Waals surface area (Å²) in [6.45, 7) is 0.746. The van der Waals surface area contributed by atoms with E-state index in [1.807, 2.05) is 6.07 Å². The van der Waals surface area contributed by atoms with E-state index in [1.165, 1.54) is 17.0 Å². The molecule has 2 aliphatic heterocycles. The fourth-order valence-corrected chi connectivity index (χ4v) is 3.39. The number of alkyl halides is 1. The normalized spacial score (nSPS) is 25.6. The lowest BCUT2D eigenvalue weighted by Gasteiger charge is -2.21. The first-order valence-corrected chi connectivity index (χ1v) is 8.57. The van der Waals surface area contributed by atoms with E-state index < -0.39 is 18.3 Å². The quantitative estimate of drug-likeness (QED) is 0.847. The third-order valence-electron chi connectivity index (χ3n) is 4.80. The molecule has 0 aromatic heterocycles. The van der Waals surface area contributed by atoms with Crippen molar-refractivity contribution in [2.24, 2.45) is 0 Å². The highest BCUT2D eigenvalue weighted by Gasteiger charge is 2.36. The van der Waals surface area contributed by atoms with Crippen LogP contribution in [0.1, 0.15) is 18.4 Å². The summed E-state index contributed by atoms with van der Waals surface area (Å²) in [4.78, 5) is 27.5. The summed E-state index contributed by atoms with van der Waals surface area (Å²) in [5.41, 5.74) is 0.833. The van der Waals surface area contributed by atoms with Crippen molar-refractivity contribution in [2.45, 2.75) is 37.6 Å². The van der Waals surface area contributed by atoms with E-state index in [1.54, 1.807) is 17.0 Å². The highest BCUT2D eigenvalue weighted by molar-refractivity contribution is 5.85. The second-order valence-electron chi connectivity index (χ2n) is 6.63. The van der Waals surface area contributed by atoms with Crippen LogP contribution in [0.4, 0.5) is 8.78 Å². The lowest BCUT2D eigenvalue weighted by atomic mass is 10.2. The second-order valence-corrected chi connectivity index (χ2v) is 6.63. The van der Waals surface area contributed by atoms with Crippen molar-refractivity contribution < 1.29 is 18.4 Å². The van der Waals surface area contributed by atoms with E-state index in [9.17, 15) is 18.4 Å². The largest absolute Gasteiger partial charge is 0.337 e. The molecule has 8 heteroatoms. The van der Waals surface area contributed by atoms with Crippen LogP contribution >= 0.6 is 0 Å². The van der Waals surface area contributed by atoms with Gasteiger partial charge in [-0.2, -0.15) is 5.26 Å². The van der Waals surface area contributed by atoms with E-state index in [-0.39, 0.29) is 37.1 Å². The highest BCUT2D eigenvalue weighted by atomic mass is 19.1. The molecule has 1 aromatic carbocycles. The molecule has 0 radical (unpaired) electrons. The summed E-state index contributed by atoms with van der Waals surface area (Å²) < 4.78 is 26.4. The maximum absolute atomic E-state index is 13.4. The van der Waals surface area contributed by atoms with Crippen molar-refractivity contribution in [1.29, 1.82) is 5.26 Å². The molecule has 1 N–H and O–H groups in total. The van der Waals surface area contributed by atoms with Gasteiger partial charge >= 0.3 is 0 Å². The molecule has 2 aliphatic rings. The molecule has 2 saturated heterocycles. The summed E-state index contributed by atoms with van der Waals surface area (Å²) in [5.74, 6) is -0.821. The number of amides is 2. The van der Waals surface area contributed by atoms with Crippen molar-refractivity contribution in [2.75, 3.05) is 19.6 Å². The maximum Gasteiger partial charge on any atom is 0.240 e. The monoisotopic (exact) mass is 362 g/mol. The number of carbonyl (C=O) groups excluding carboxylic acids is 2. The van der Waals surface area contributed by atoms with Crippen molar-refractivity contribution >= 4 is 11.8 Å². The minimum Gasteiger partial charge on any atom is -0.337 e. The summed E-state index contributed by atoms with van der Waals surface area (Å²) in [6.07, 6.45) is -0.584. The summed E-state index contributed by atoms with van der Waals surface area (Å²) >= 11 is 0. The summed E-state index contributed by atoms with van der Waals surface area (Å²) in [7, 11) is 0. The van der Waals surface area contributed by atoms with Crippen LogP contribution in [0.25, 0.3) is 0 Å². The summed E-state index contributed by atoms with van der Waals surface area (Å²) in [5, 5.41) is 11.9. The predicted molar refractivity (Wildman–Crippen MR) is 88.9 cm³/mol. The Balaban J connectivity index is 1.50. The topological polar surface area (TPSA) is 76.4 Å². The molecule has 0 aliphatic carbocycles. The molecule has 3 atom stereocenters. The zero-order valence-electron chi connectivity index (χ0n) is 14.2. The number of benzene rings is 1. The Morgan fingerprint density at radius 3 is 2.77 bits per heavy atom. The van der Waals surface area contributed by atoms with Crippen LogP contribution in [0.2, 0.25) is 0 Å². The lowest BCUT2D eigenvalue weighted by Crippen LogP contribution is -2.46. The van der Waals surface area contributed by atoms with E-state index >= 15 is 0 Å². The van der Waals surface area contributed by atoms with Crippen LogP contribution in [0, 0.1) is 17.1 Å². The smallest absolute Gasteiger partial charge is 0.240 e. The van der Waals surface area contributed by atoms with Crippen LogP contribution in [0.15, 0.2) is 24.3 Å². The average Bonchev–Trinajstić information content (AvgIpc) is 3.18. The van der Waals surface area contributed by atoms with Gasteiger partial charge in [-0.15, -0.1) is 0 Å². The van der Waals surface area contributed by atoms with Gasteiger partial charge in [0.2, 0.25) is 11.8 Å². The van der Waals surface area contributed by atoms with Gasteiger partial charge in [-0.25, -0.2) is 8.78 Å². The van der Waals surface area contributed by atoms with Crippen LogP contribution < -0.4 is 5.32 Å². The standard InChI is InChI=1S/C18H20F2N4O2/c19-13-3-1-12(2-4-13)10-23-6-5-16(18(23)26)22-9-17(25)24-11-14(20)7-15(24)8-21/h1-4,14-16,22H,5-7,9-11H2/t14-,15-,16-/m0/s1. The first-order chi connectivity index (χ1) is 12.5. The van der Waals surface area contributed by atoms with Gasteiger partial charge in [-0.3, -0.25) is 14.9 Å². The molecule has 138 valence electrons.